The van der Waals surface area contributed by atoms with Gasteiger partial charge in [-0.15, -0.1) is 0 Å². The monoisotopic (exact) mass is 419 g/mol. The highest BCUT2D eigenvalue weighted by Gasteiger charge is 2.53. The molecular weight excluding hydrogens is 394 g/mol. The van der Waals surface area contributed by atoms with Crippen molar-refractivity contribution >= 4 is 27.7 Å². The zero-order valence-corrected chi connectivity index (χ0v) is 17.0. The molecule has 8 nitrogen and oxygen atoms in total. The Hall–Kier alpha value is -2.42. The summed E-state index contributed by atoms with van der Waals surface area (Å²) in [6.07, 6.45) is 3.29. The van der Waals surface area contributed by atoms with Crippen LogP contribution < -0.4 is 5.32 Å². The highest BCUT2D eigenvalue weighted by molar-refractivity contribution is 7.91. The van der Waals surface area contributed by atoms with Gasteiger partial charge in [-0.05, 0) is 24.8 Å². The maximum atomic E-state index is 13.2. The molecule has 1 N–H and O–H groups in total. The summed E-state index contributed by atoms with van der Waals surface area (Å²) in [4.78, 5) is 40.9. The van der Waals surface area contributed by atoms with Crippen molar-refractivity contribution in [2.75, 3.05) is 18.1 Å². The summed E-state index contributed by atoms with van der Waals surface area (Å²) in [7, 11) is -3.19. The summed E-state index contributed by atoms with van der Waals surface area (Å²) in [5.41, 5.74) is 0.00723. The molecule has 9 heteroatoms. The first kappa shape index (κ1) is 19.9. The van der Waals surface area contributed by atoms with Crippen LogP contribution in [-0.4, -0.2) is 65.7 Å². The molecule has 1 spiro atoms. The number of rotatable bonds is 5. The van der Waals surface area contributed by atoms with Crippen molar-refractivity contribution in [2.45, 2.75) is 50.2 Å². The molecular formula is C20H25N3O5S. The van der Waals surface area contributed by atoms with Crippen LogP contribution in [0.2, 0.25) is 0 Å². The van der Waals surface area contributed by atoms with Gasteiger partial charge in [0.05, 0.1) is 11.5 Å². The van der Waals surface area contributed by atoms with E-state index in [0.717, 1.165) is 23.3 Å². The van der Waals surface area contributed by atoms with Crippen LogP contribution in [0.25, 0.3) is 0 Å². The first-order chi connectivity index (χ1) is 13.8. The van der Waals surface area contributed by atoms with Gasteiger partial charge < -0.3 is 10.2 Å². The van der Waals surface area contributed by atoms with E-state index in [2.05, 4.69) is 5.32 Å². The quantitative estimate of drug-likeness (QED) is 0.719. The Kier molecular flexibility index (Phi) is 5.10. The highest BCUT2D eigenvalue weighted by Crippen LogP contribution is 2.35. The van der Waals surface area contributed by atoms with E-state index in [1.807, 2.05) is 30.3 Å². The lowest BCUT2D eigenvalue weighted by Crippen LogP contribution is -2.48. The fourth-order valence-corrected chi connectivity index (χ4v) is 6.32. The Morgan fingerprint density at radius 3 is 2.48 bits per heavy atom. The topological polar surface area (TPSA) is 104 Å². The summed E-state index contributed by atoms with van der Waals surface area (Å²) >= 11 is 0. The first-order valence-corrected chi connectivity index (χ1v) is 11.8. The fourth-order valence-electron chi connectivity index (χ4n) is 4.59. The van der Waals surface area contributed by atoms with Crippen molar-refractivity contribution in [3.63, 3.8) is 0 Å². The van der Waals surface area contributed by atoms with E-state index in [1.165, 1.54) is 4.90 Å². The van der Waals surface area contributed by atoms with Crippen molar-refractivity contribution < 1.29 is 22.8 Å². The number of nitrogens with zero attached hydrogens (tertiary/aromatic N) is 2. The molecule has 0 bridgehead atoms. The van der Waals surface area contributed by atoms with Gasteiger partial charge in [0.15, 0.2) is 9.84 Å². The van der Waals surface area contributed by atoms with Crippen LogP contribution >= 0.6 is 0 Å². The minimum Gasteiger partial charge on any atom is -0.333 e. The number of imide groups is 1. The lowest BCUT2D eigenvalue weighted by atomic mass is 9.98. The molecule has 2 saturated heterocycles. The van der Waals surface area contributed by atoms with E-state index in [0.29, 0.717) is 19.3 Å². The largest absolute Gasteiger partial charge is 0.333 e. The van der Waals surface area contributed by atoms with Crippen LogP contribution in [0, 0.1) is 0 Å². The molecule has 1 atom stereocenters. The van der Waals surface area contributed by atoms with Gasteiger partial charge in [0.1, 0.15) is 12.1 Å². The second-order valence-electron chi connectivity index (χ2n) is 8.17. The van der Waals surface area contributed by atoms with E-state index in [1.54, 1.807) is 0 Å². The molecule has 1 aromatic rings. The standard InChI is InChI=1S/C20H25N3O5S/c24-17(13-23-18(25)20(21-19(23)26)9-4-5-10-20)22(12-15-6-2-1-3-7-15)16-8-11-29(27,28)14-16/h1-3,6-7,16H,4-5,8-14H2,(H,21,26)/t16-/m1/s1. The zero-order valence-electron chi connectivity index (χ0n) is 16.2. The second-order valence-corrected chi connectivity index (χ2v) is 10.4. The van der Waals surface area contributed by atoms with Crippen LogP contribution in [0.5, 0.6) is 0 Å². The fraction of sp³-hybridized carbons (Fsp3) is 0.550. The molecule has 1 saturated carbocycles. The van der Waals surface area contributed by atoms with Gasteiger partial charge in [-0.25, -0.2) is 13.2 Å². The SMILES string of the molecule is O=C1NC2(CCCC2)C(=O)N1CC(=O)N(Cc1ccccc1)[C@@H]1CCS(=O)(=O)C1. The van der Waals surface area contributed by atoms with Gasteiger partial charge in [-0.3, -0.25) is 14.5 Å². The Balaban J connectivity index is 1.53. The van der Waals surface area contributed by atoms with Crippen molar-refractivity contribution in [3.8, 4) is 0 Å². The molecule has 3 fully saturated rings. The average Bonchev–Trinajstić information content (AvgIpc) is 3.36. The predicted octanol–water partition coefficient (Wildman–Crippen LogP) is 1.07. The number of hydrogen-bond donors (Lipinski definition) is 1. The zero-order chi connectivity index (χ0) is 20.6. The minimum absolute atomic E-state index is 0.0441. The van der Waals surface area contributed by atoms with E-state index >= 15 is 0 Å². The van der Waals surface area contributed by atoms with Gasteiger partial charge in [-0.2, -0.15) is 0 Å². The van der Waals surface area contributed by atoms with Gasteiger partial charge in [0.2, 0.25) is 5.91 Å². The summed E-state index contributed by atoms with van der Waals surface area (Å²) in [6, 6.07) is 8.31. The van der Waals surface area contributed by atoms with E-state index in [4.69, 9.17) is 0 Å². The summed E-state index contributed by atoms with van der Waals surface area (Å²) in [5, 5.41) is 2.78. The number of carbonyl (C=O) groups excluding carboxylic acids is 3. The summed E-state index contributed by atoms with van der Waals surface area (Å²) in [6.45, 7) is -0.121. The van der Waals surface area contributed by atoms with Gasteiger partial charge in [0, 0.05) is 12.6 Å². The molecule has 156 valence electrons. The Bertz CT molecular complexity index is 925. The van der Waals surface area contributed by atoms with Crippen LogP contribution in [0.4, 0.5) is 4.79 Å². The highest BCUT2D eigenvalue weighted by atomic mass is 32.2. The Labute approximate surface area is 170 Å². The number of hydrogen-bond acceptors (Lipinski definition) is 5. The average molecular weight is 420 g/mol. The molecule has 0 unspecified atom stereocenters. The number of amides is 4. The molecule has 2 heterocycles. The van der Waals surface area contributed by atoms with Crippen LogP contribution in [0.15, 0.2) is 30.3 Å². The normalized spacial score (nSPS) is 24.8. The molecule has 0 aromatic heterocycles. The molecule has 0 radical (unpaired) electrons. The maximum absolute atomic E-state index is 13.2. The van der Waals surface area contributed by atoms with Crippen molar-refractivity contribution in [1.82, 2.24) is 15.1 Å². The number of carbonyl (C=O) groups is 3. The summed E-state index contributed by atoms with van der Waals surface area (Å²) in [5.74, 6) is -0.792. The molecule has 4 amide bonds. The summed E-state index contributed by atoms with van der Waals surface area (Å²) < 4.78 is 23.9. The third-order valence-corrected chi connectivity index (χ3v) is 7.91. The van der Waals surface area contributed by atoms with Crippen molar-refractivity contribution in [3.05, 3.63) is 35.9 Å². The van der Waals surface area contributed by atoms with E-state index in [9.17, 15) is 22.8 Å². The molecule has 1 aliphatic carbocycles. The predicted molar refractivity (Wildman–Crippen MR) is 105 cm³/mol. The van der Waals surface area contributed by atoms with Crippen molar-refractivity contribution in [2.24, 2.45) is 0 Å². The molecule has 29 heavy (non-hydrogen) atoms. The Morgan fingerprint density at radius 2 is 1.86 bits per heavy atom. The maximum Gasteiger partial charge on any atom is 0.325 e. The third-order valence-electron chi connectivity index (χ3n) is 6.16. The van der Waals surface area contributed by atoms with Gasteiger partial charge in [-0.1, -0.05) is 43.2 Å². The van der Waals surface area contributed by atoms with Gasteiger partial charge >= 0.3 is 6.03 Å². The molecule has 4 rings (SSSR count). The van der Waals surface area contributed by atoms with Crippen molar-refractivity contribution in [1.29, 1.82) is 0 Å². The Morgan fingerprint density at radius 1 is 1.17 bits per heavy atom. The molecule has 3 aliphatic rings. The minimum atomic E-state index is -3.19. The van der Waals surface area contributed by atoms with E-state index in [-0.39, 0.29) is 30.5 Å². The third kappa shape index (κ3) is 3.88. The number of urea groups is 1. The van der Waals surface area contributed by atoms with E-state index < -0.39 is 33.4 Å². The van der Waals surface area contributed by atoms with Gasteiger partial charge in [0.25, 0.3) is 5.91 Å². The van der Waals surface area contributed by atoms with Crippen LogP contribution in [0.1, 0.15) is 37.7 Å². The van der Waals surface area contributed by atoms with Crippen LogP contribution in [0.3, 0.4) is 0 Å². The molecule has 1 aromatic carbocycles. The lowest BCUT2D eigenvalue weighted by Gasteiger charge is -2.30. The lowest BCUT2D eigenvalue weighted by molar-refractivity contribution is -0.140. The second kappa shape index (κ2) is 7.44. The molecule has 2 aliphatic heterocycles. The number of benzene rings is 1. The smallest absolute Gasteiger partial charge is 0.325 e. The number of sulfone groups is 1. The number of nitrogens with one attached hydrogen (secondary N) is 1. The van der Waals surface area contributed by atoms with Crippen LogP contribution in [-0.2, 0) is 26.0 Å². The first-order valence-electron chi connectivity index (χ1n) is 9.98.